The van der Waals surface area contributed by atoms with Gasteiger partial charge in [-0.2, -0.15) is 11.3 Å². The summed E-state index contributed by atoms with van der Waals surface area (Å²) in [5.74, 6) is -0.111. The lowest BCUT2D eigenvalue weighted by atomic mass is 10.1. The van der Waals surface area contributed by atoms with Crippen molar-refractivity contribution >= 4 is 28.9 Å². The smallest absolute Gasteiger partial charge is 0.337 e. The predicted molar refractivity (Wildman–Crippen MR) is 90.2 cm³/mol. The molecule has 5 nitrogen and oxygen atoms in total. The molecule has 122 valence electrons. The minimum atomic E-state index is -0.463. The van der Waals surface area contributed by atoms with Gasteiger partial charge in [-0.3, -0.25) is 4.79 Å². The Morgan fingerprint density at radius 3 is 2.65 bits per heavy atom. The first kappa shape index (κ1) is 17.0. The number of esters is 1. The van der Waals surface area contributed by atoms with Crippen molar-refractivity contribution in [2.75, 3.05) is 12.4 Å². The van der Waals surface area contributed by atoms with E-state index in [1.165, 1.54) is 7.11 Å². The Bertz CT molecular complexity index is 680. The molecule has 0 radical (unpaired) electrons. The molecule has 0 saturated heterocycles. The summed E-state index contributed by atoms with van der Waals surface area (Å²) in [5.41, 5.74) is 1.76. The van der Waals surface area contributed by atoms with Gasteiger partial charge in [0.1, 0.15) is 5.75 Å². The molecule has 1 N–H and O–H groups in total. The number of amides is 1. The quantitative estimate of drug-likeness (QED) is 0.822. The van der Waals surface area contributed by atoms with Crippen molar-refractivity contribution in [1.29, 1.82) is 0 Å². The number of nitrogens with one attached hydrogen (secondary N) is 1. The summed E-state index contributed by atoms with van der Waals surface area (Å²) in [5, 5.41) is 6.66. The van der Waals surface area contributed by atoms with Crippen LogP contribution in [0.15, 0.2) is 35.0 Å². The molecule has 0 bridgehead atoms. The second-order valence-corrected chi connectivity index (χ2v) is 6.01. The predicted octanol–water partition coefficient (Wildman–Crippen LogP) is 3.50. The van der Waals surface area contributed by atoms with Crippen LogP contribution in [0, 0.1) is 0 Å². The number of anilines is 1. The highest BCUT2D eigenvalue weighted by atomic mass is 32.1. The molecule has 0 aliphatic rings. The molecule has 1 heterocycles. The van der Waals surface area contributed by atoms with Crippen molar-refractivity contribution < 1.29 is 19.1 Å². The highest BCUT2D eigenvalue weighted by molar-refractivity contribution is 7.08. The zero-order valence-corrected chi connectivity index (χ0v) is 14.1. The molecule has 1 aromatic carbocycles. The Balaban J connectivity index is 2.21. The number of methoxy groups -OCH3 is 1. The standard InChI is InChI=1S/C17H19NO4S/c1-11(2)22-15-5-4-13(17(20)21-3)9-14(15)18-16(19)8-12-6-7-23-10-12/h4-7,9-11H,8H2,1-3H3,(H,18,19). The van der Waals surface area contributed by atoms with E-state index in [4.69, 9.17) is 9.47 Å². The van der Waals surface area contributed by atoms with Crippen molar-refractivity contribution in [1.82, 2.24) is 0 Å². The van der Waals surface area contributed by atoms with Crippen molar-refractivity contribution in [2.24, 2.45) is 0 Å². The molecule has 0 unspecified atom stereocenters. The van der Waals surface area contributed by atoms with E-state index < -0.39 is 5.97 Å². The fourth-order valence-electron chi connectivity index (χ4n) is 2.00. The van der Waals surface area contributed by atoms with E-state index in [2.05, 4.69) is 5.32 Å². The van der Waals surface area contributed by atoms with Gasteiger partial charge in [-0.05, 0) is 54.4 Å². The van der Waals surface area contributed by atoms with Crippen molar-refractivity contribution in [2.45, 2.75) is 26.4 Å². The van der Waals surface area contributed by atoms with Crippen LogP contribution in [0.4, 0.5) is 5.69 Å². The Morgan fingerprint density at radius 2 is 2.04 bits per heavy atom. The molecule has 0 spiro atoms. The van der Waals surface area contributed by atoms with Crippen LogP contribution in [-0.2, 0) is 16.0 Å². The third-order valence-corrected chi connectivity index (χ3v) is 3.71. The maximum Gasteiger partial charge on any atom is 0.337 e. The van der Waals surface area contributed by atoms with Crippen molar-refractivity contribution in [3.05, 3.63) is 46.2 Å². The van der Waals surface area contributed by atoms with Gasteiger partial charge in [0.05, 0.1) is 30.9 Å². The molecule has 1 amide bonds. The van der Waals surface area contributed by atoms with E-state index in [0.29, 0.717) is 17.0 Å². The molecule has 0 aliphatic heterocycles. The minimum absolute atomic E-state index is 0.0495. The summed E-state index contributed by atoms with van der Waals surface area (Å²) >= 11 is 1.54. The molecule has 1 aromatic heterocycles. The molecular formula is C17H19NO4S. The lowest BCUT2D eigenvalue weighted by Crippen LogP contribution is -2.17. The van der Waals surface area contributed by atoms with Crippen LogP contribution in [0.3, 0.4) is 0 Å². The van der Waals surface area contributed by atoms with E-state index in [0.717, 1.165) is 5.56 Å². The van der Waals surface area contributed by atoms with Gasteiger partial charge in [0.2, 0.25) is 5.91 Å². The molecule has 6 heteroatoms. The SMILES string of the molecule is COC(=O)c1ccc(OC(C)C)c(NC(=O)Cc2ccsc2)c1. The number of carbonyl (C=O) groups excluding carboxylic acids is 2. The first-order valence-corrected chi connectivity index (χ1v) is 8.14. The monoisotopic (exact) mass is 333 g/mol. The van der Waals surface area contributed by atoms with E-state index >= 15 is 0 Å². The fourth-order valence-corrected chi connectivity index (χ4v) is 2.67. The van der Waals surface area contributed by atoms with Gasteiger partial charge in [-0.1, -0.05) is 0 Å². The Labute approximate surface area is 139 Å². The molecule has 2 aromatic rings. The Kier molecular flexibility index (Phi) is 5.76. The molecule has 23 heavy (non-hydrogen) atoms. The van der Waals surface area contributed by atoms with Crippen LogP contribution < -0.4 is 10.1 Å². The highest BCUT2D eigenvalue weighted by Crippen LogP contribution is 2.27. The van der Waals surface area contributed by atoms with Crippen molar-refractivity contribution in [3.8, 4) is 5.75 Å². The van der Waals surface area contributed by atoms with Gasteiger partial charge < -0.3 is 14.8 Å². The number of carbonyl (C=O) groups is 2. The molecular weight excluding hydrogens is 314 g/mol. The zero-order valence-electron chi connectivity index (χ0n) is 13.3. The third-order valence-electron chi connectivity index (χ3n) is 2.98. The largest absolute Gasteiger partial charge is 0.489 e. The fraction of sp³-hybridized carbons (Fsp3) is 0.294. The maximum atomic E-state index is 12.2. The van der Waals surface area contributed by atoms with Gasteiger partial charge >= 0.3 is 5.97 Å². The van der Waals surface area contributed by atoms with E-state index in [1.807, 2.05) is 30.7 Å². The maximum absolute atomic E-state index is 12.2. The van der Waals surface area contributed by atoms with Crippen LogP contribution in [0.2, 0.25) is 0 Å². The van der Waals surface area contributed by atoms with Gasteiger partial charge in [-0.25, -0.2) is 4.79 Å². The first-order valence-electron chi connectivity index (χ1n) is 7.19. The normalized spacial score (nSPS) is 10.4. The number of hydrogen-bond acceptors (Lipinski definition) is 5. The average Bonchev–Trinajstić information content (AvgIpc) is 3.00. The highest BCUT2D eigenvalue weighted by Gasteiger charge is 2.14. The van der Waals surface area contributed by atoms with Crippen LogP contribution >= 0.6 is 11.3 Å². The second kappa shape index (κ2) is 7.78. The van der Waals surface area contributed by atoms with E-state index in [9.17, 15) is 9.59 Å². The third kappa shape index (κ3) is 4.82. The summed E-state index contributed by atoms with van der Waals surface area (Å²) < 4.78 is 10.4. The molecule has 0 aliphatic carbocycles. The number of thiophene rings is 1. The second-order valence-electron chi connectivity index (χ2n) is 5.23. The summed E-state index contributed by atoms with van der Waals surface area (Å²) in [4.78, 5) is 23.9. The summed E-state index contributed by atoms with van der Waals surface area (Å²) in [6.07, 6.45) is 0.221. The first-order chi connectivity index (χ1) is 11.0. The number of ether oxygens (including phenoxy) is 2. The lowest BCUT2D eigenvalue weighted by Gasteiger charge is -2.16. The van der Waals surface area contributed by atoms with Gasteiger partial charge in [0, 0.05) is 0 Å². The Hall–Kier alpha value is -2.34. The van der Waals surface area contributed by atoms with Crippen LogP contribution in [0.5, 0.6) is 5.75 Å². The van der Waals surface area contributed by atoms with Crippen molar-refractivity contribution in [3.63, 3.8) is 0 Å². The lowest BCUT2D eigenvalue weighted by molar-refractivity contribution is -0.115. The number of hydrogen-bond donors (Lipinski definition) is 1. The molecule has 0 saturated carbocycles. The van der Waals surface area contributed by atoms with Crippen LogP contribution in [-0.4, -0.2) is 25.1 Å². The Morgan fingerprint density at radius 1 is 1.26 bits per heavy atom. The molecule has 0 atom stereocenters. The van der Waals surface area contributed by atoms with Crippen LogP contribution in [0.1, 0.15) is 29.8 Å². The van der Waals surface area contributed by atoms with Gasteiger partial charge in [-0.15, -0.1) is 0 Å². The zero-order chi connectivity index (χ0) is 16.8. The van der Waals surface area contributed by atoms with Gasteiger partial charge in [0.15, 0.2) is 0 Å². The number of rotatable bonds is 6. The topological polar surface area (TPSA) is 64.6 Å². The van der Waals surface area contributed by atoms with Crippen LogP contribution in [0.25, 0.3) is 0 Å². The summed E-state index contributed by atoms with van der Waals surface area (Å²) in [6, 6.07) is 6.74. The van der Waals surface area contributed by atoms with Gasteiger partial charge in [0.25, 0.3) is 0 Å². The minimum Gasteiger partial charge on any atom is -0.489 e. The van der Waals surface area contributed by atoms with E-state index in [-0.39, 0.29) is 18.4 Å². The average molecular weight is 333 g/mol. The molecule has 0 fully saturated rings. The summed E-state index contributed by atoms with van der Waals surface area (Å²) in [7, 11) is 1.32. The molecule has 2 rings (SSSR count). The number of benzene rings is 1. The van der Waals surface area contributed by atoms with E-state index in [1.54, 1.807) is 29.5 Å². The summed E-state index contributed by atoms with van der Waals surface area (Å²) in [6.45, 7) is 3.79.